The Labute approximate surface area is 195 Å². The number of carbonyl (C=O) groups is 2. The van der Waals surface area contributed by atoms with Crippen molar-refractivity contribution in [2.24, 2.45) is 0 Å². The summed E-state index contributed by atoms with van der Waals surface area (Å²) in [5, 5.41) is 7.04. The van der Waals surface area contributed by atoms with Gasteiger partial charge in [-0.15, -0.1) is 0 Å². The van der Waals surface area contributed by atoms with Crippen LogP contribution in [0.5, 0.6) is 0 Å². The summed E-state index contributed by atoms with van der Waals surface area (Å²) < 4.78 is 4.97. The van der Waals surface area contributed by atoms with Gasteiger partial charge in [-0.25, -0.2) is 4.98 Å². The van der Waals surface area contributed by atoms with Gasteiger partial charge in [0.15, 0.2) is 10.8 Å². The van der Waals surface area contributed by atoms with Gasteiger partial charge in [0, 0.05) is 23.9 Å². The van der Waals surface area contributed by atoms with E-state index in [-0.39, 0.29) is 23.4 Å². The fraction of sp³-hybridized carbons (Fsp3) is 0.200. The van der Waals surface area contributed by atoms with Crippen molar-refractivity contribution >= 4 is 28.3 Å². The molecule has 0 unspecified atom stereocenters. The second kappa shape index (κ2) is 8.99. The number of carbonyl (C=O) groups excluding carboxylic acids is 2. The lowest BCUT2D eigenvalue weighted by molar-refractivity contribution is -0.132. The highest BCUT2D eigenvalue weighted by Crippen LogP contribution is 2.32. The van der Waals surface area contributed by atoms with Gasteiger partial charge in [-0.2, -0.15) is 0 Å². The molecule has 0 atom stereocenters. The van der Waals surface area contributed by atoms with E-state index in [1.807, 2.05) is 65.6 Å². The number of hydrogen-bond acceptors (Lipinski definition) is 6. The number of fused-ring (bicyclic) bond motifs is 1. The van der Waals surface area contributed by atoms with Crippen LogP contribution in [0.15, 0.2) is 71.3 Å². The number of nitrogens with zero attached hydrogens (tertiary/aromatic N) is 3. The van der Waals surface area contributed by atoms with Crippen LogP contribution in [-0.2, 0) is 17.8 Å². The zero-order valence-corrected chi connectivity index (χ0v) is 18.8. The van der Waals surface area contributed by atoms with Crippen LogP contribution in [0, 0.1) is 6.92 Å². The number of hydrogen-bond donors (Lipinski definition) is 1. The van der Waals surface area contributed by atoms with Gasteiger partial charge in [-0.05, 0) is 18.1 Å². The molecule has 4 aromatic rings. The van der Waals surface area contributed by atoms with Crippen LogP contribution < -0.4 is 5.32 Å². The second-order valence-electron chi connectivity index (χ2n) is 7.93. The number of benzene rings is 2. The first-order chi connectivity index (χ1) is 16.1. The van der Waals surface area contributed by atoms with Crippen molar-refractivity contribution in [2.45, 2.75) is 25.8 Å². The Kier molecular flexibility index (Phi) is 5.75. The zero-order valence-electron chi connectivity index (χ0n) is 18.0. The molecule has 2 aromatic carbocycles. The van der Waals surface area contributed by atoms with E-state index in [9.17, 15) is 9.59 Å². The second-order valence-corrected chi connectivity index (χ2v) is 9.01. The van der Waals surface area contributed by atoms with Crippen molar-refractivity contribution in [3.63, 3.8) is 0 Å². The van der Waals surface area contributed by atoms with E-state index >= 15 is 0 Å². The molecule has 0 bridgehead atoms. The number of aryl methyl sites for hydroxylation is 1. The van der Waals surface area contributed by atoms with Gasteiger partial charge >= 0.3 is 0 Å². The minimum absolute atomic E-state index is 0.0649. The van der Waals surface area contributed by atoms with Crippen LogP contribution >= 0.6 is 11.3 Å². The molecular weight excluding hydrogens is 436 g/mol. The van der Waals surface area contributed by atoms with Crippen LogP contribution in [0.25, 0.3) is 0 Å². The Morgan fingerprint density at radius 3 is 2.33 bits per heavy atom. The summed E-state index contributed by atoms with van der Waals surface area (Å²) in [4.78, 5) is 33.5. The predicted molar refractivity (Wildman–Crippen MR) is 125 cm³/mol. The van der Waals surface area contributed by atoms with Gasteiger partial charge in [-0.1, -0.05) is 77.2 Å². The first-order valence-corrected chi connectivity index (χ1v) is 11.5. The third-order valence-corrected chi connectivity index (χ3v) is 6.63. The number of amides is 2. The average molecular weight is 459 g/mol. The highest BCUT2D eigenvalue weighted by Gasteiger charge is 2.31. The molecule has 5 rings (SSSR count). The van der Waals surface area contributed by atoms with Crippen LogP contribution in [0.4, 0.5) is 5.13 Å². The van der Waals surface area contributed by atoms with E-state index < -0.39 is 0 Å². The van der Waals surface area contributed by atoms with Gasteiger partial charge in [-0.3, -0.25) is 14.9 Å². The van der Waals surface area contributed by atoms with Crippen LogP contribution in [0.1, 0.15) is 43.9 Å². The fourth-order valence-electron chi connectivity index (χ4n) is 4.02. The van der Waals surface area contributed by atoms with Gasteiger partial charge in [0.05, 0.1) is 18.2 Å². The summed E-state index contributed by atoms with van der Waals surface area (Å²) in [6.45, 7) is 2.79. The van der Waals surface area contributed by atoms with Crippen molar-refractivity contribution in [3.05, 3.63) is 99.9 Å². The molecule has 8 heteroatoms. The molecule has 33 heavy (non-hydrogen) atoms. The third-order valence-electron chi connectivity index (χ3n) is 5.64. The minimum Gasteiger partial charge on any atom is -0.361 e. The topological polar surface area (TPSA) is 88.3 Å². The van der Waals surface area contributed by atoms with Crippen molar-refractivity contribution in [1.82, 2.24) is 15.0 Å². The van der Waals surface area contributed by atoms with Gasteiger partial charge in [0.1, 0.15) is 5.76 Å². The maximum Gasteiger partial charge on any atom is 0.279 e. The molecular formula is C25H22N4O3S. The van der Waals surface area contributed by atoms with Gasteiger partial charge < -0.3 is 9.42 Å². The summed E-state index contributed by atoms with van der Waals surface area (Å²) in [6, 6.07) is 21.3. The maximum absolute atomic E-state index is 13.7. The molecule has 1 aliphatic rings. The summed E-state index contributed by atoms with van der Waals surface area (Å²) in [5.41, 5.74) is 3.08. The minimum atomic E-state index is -0.364. The summed E-state index contributed by atoms with van der Waals surface area (Å²) >= 11 is 1.39. The maximum atomic E-state index is 13.7. The smallest absolute Gasteiger partial charge is 0.279 e. The summed E-state index contributed by atoms with van der Waals surface area (Å²) in [5.74, 6) is -0.0928. The third kappa shape index (κ3) is 4.42. The van der Waals surface area contributed by atoms with E-state index in [2.05, 4.69) is 15.5 Å². The largest absolute Gasteiger partial charge is 0.361 e. The predicted octanol–water partition coefficient (Wildman–Crippen LogP) is 4.41. The van der Waals surface area contributed by atoms with Crippen molar-refractivity contribution in [1.29, 1.82) is 0 Å². The normalized spacial score (nSPS) is 13.1. The lowest BCUT2D eigenvalue weighted by atomic mass is 9.89. The van der Waals surface area contributed by atoms with E-state index in [1.54, 1.807) is 13.0 Å². The van der Waals surface area contributed by atoms with Gasteiger partial charge in [0.25, 0.3) is 5.91 Å². The van der Waals surface area contributed by atoms with Gasteiger partial charge in [0.2, 0.25) is 5.91 Å². The molecule has 0 radical (unpaired) electrons. The number of rotatable bonds is 5. The molecule has 2 amide bonds. The lowest BCUT2D eigenvalue weighted by Crippen LogP contribution is -2.39. The fourth-order valence-corrected chi connectivity index (χ4v) is 5.04. The van der Waals surface area contributed by atoms with Crippen molar-refractivity contribution in [2.75, 3.05) is 11.9 Å². The number of nitrogens with one attached hydrogen (secondary N) is 1. The highest BCUT2D eigenvalue weighted by molar-refractivity contribution is 7.15. The number of thiazole rings is 1. The number of aromatic nitrogens is 2. The van der Waals surface area contributed by atoms with Crippen molar-refractivity contribution in [3.8, 4) is 0 Å². The summed E-state index contributed by atoms with van der Waals surface area (Å²) in [7, 11) is 0. The molecule has 0 saturated carbocycles. The highest BCUT2D eigenvalue weighted by atomic mass is 32.1. The Balaban J connectivity index is 1.35. The standard InChI is InChI=1S/C25H22N4O3S/c1-16-14-20(28-32-16)23(30)27-25-26-19-12-13-29(15-21(19)33-25)24(31)22(17-8-4-2-5-9-17)18-10-6-3-7-11-18/h2-11,14,22H,12-13,15H2,1H3,(H,26,27,30). The Bertz CT molecular complexity index is 1240. The van der Waals surface area contributed by atoms with Crippen molar-refractivity contribution < 1.29 is 14.1 Å². The van der Waals surface area contributed by atoms with E-state index in [0.717, 1.165) is 21.7 Å². The molecule has 1 aliphatic heterocycles. The first kappa shape index (κ1) is 21.1. The first-order valence-electron chi connectivity index (χ1n) is 10.7. The van der Waals surface area contributed by atoms with Crippen LogP contribution in [0.2, 0.25) is 0 Å². The van der Waals surface area contributed by atoms with E-state index in [0.29, 0.717) is 30.4 Å². The Morgan fingerprint density at radius 1 is 1.06 bits per heavy atom. The SMILES string of the molecule is Cc1cc(C(=O)Nc2nc3c(s2)CN(C(=O)C(c2ccccc2)c2ccccc2)CC3)no1. The molecule has 1 N–H and O–H groups in total. The average Bonchev–Trinajstić information content (AvgIpc) is 3.45. The molecule has 0 saturated heterocycles. The molecule has 0 aliphatic carbocycles. The number of anilines is 1. The Morgan fingerprint density at radius 2 is 1.73 bits per heavy atom. The zero-order chi connectivity index (χ0) is 22.8. The molecule has 0 fully saturated rings. The lowest BCUT2D eigenvalue weighted by Gasteiger charge is -2.30. The molecule has 7 nitrogen and oxygen atoms in total. The molecule has 3 heterocycles. The molecule has 2 aromatic heterocycles. The molecule has 166 valence electrons. The summed E-state index contributed by atoms with van der Waals surface area (Å²) in [6.07, 6.45) is 0.646. The van der Waals surface area contributed by atoms with E-state index in [1.165, 1.54) is 11.3 Å². The Hall–Kier alpha value is -3.78. The van der Waals surface area contributed by atoms with Crippen LogP contribution in [0.3, 0.4) is 0 Å². The van der Waals surface area contributed by atoms with Crippen LogP contribution in [-0.4, -0.2) is 33.4 Å². The van der Waals surface area contributed by atoms with E-state index in [4.69, 9.17) is 4.52 Å². The monoisotopic (exact) mass is 458 g/mol. The molecule has 0 spiro atoms. The quantitative estimate of drug-likeness (QED) is 0.479.